The topological polar surface area (TPSA) is 78.5 Å². The van der Waals surface area contributed by atoms with Gasteiger partial charge in [0.2, 0.25) is 0 Å². The van der Waals surface area contributed by atoms with E-state index in [9.17, 15) is 13.2 Å². The van der Waals surface area contributed by atoms with Gasteiger partial charge >= 0.3 is 0 Å². The molecule has 1 amide bonds. The maximum atomic E-state index is 13.0. The Morgan fingerprint density at radius 3 is 2.61 bits per heavy atom. The summed E-state index contributed by atoms with van der Waals surface area (Å²) < 4.78 is 28.5. The van der Waals surface area contributed by atoms with E-state index >= 15 is 0 Å². The Morgan fingerprint density at radius 2 is 1.82 bits per heavy atom. The second-order valence-electron chi connectivity index (χ2n) is 6.82. The molecule has 28 heavy (non-hydrogen) atoms. The largest absolute Gasteiger partial charge is 0.337 e. The molecule has 0 aliphatic carbocycles. The van der Waals surface area contributed by atoms with Crippen LogP contribution in [0.15, 0.2) is 47.4 Å². The van der Waals surface area contributed by atoms with E-state index in [1.807, 2.05) is 13.0 Å². The molecule has 6 nitrogen and oxygen atoms in total. The van der Waals surface area contributed by atoms with E-state index in [2.05, 4.69) is 10.0 Å². The molecule has 0 bridgehead atoms. The maximum Gasteiger partial charge on any atom is 0.262 e. The number of para-hydroxylation sites is 1. The van der Waals surface area contributed by atoms with Crippen LogP contribution < -0.4 is 10.0 Å². The Labute approximate surface area is 172 Å². The van der Waals surface area contributed by atoms with E-state index < -0.39 is 10.0 Å². The van der Waals surface area contributed by atoms with Gasteiger partial charge in [-0.3, -0.25) is 9.52 Å². The standard InChI is InChI=1S/C20H25N3O3S.ClH/c1-15-8-9-16(2)19(14-15)27(25,26)22-18-7-4-3-6-17(18)20(24)23-12-5-10-21-11-13-23;/h3-4,6-9,14,21-22H,5,10-13H2,1-2H3;1H. The van der Waals surface area contributed by atoms with Crippen molar-refractivity contribution in [2.75, 3.05) is 30.9 Å². The van der Waals surface area contributed by atoms with Gasteiger partial charge in [-0.2, -0.15) is 0 Å². The minimum Gasteiger partial charge on any atom is -0.337 e. The third-order valence-corrected chi connectivity index (χ3v) is 6.17. The van der Waals surface area contributed by atoms with Crippen molar-refractivity contribution >= 4 is 34.0 Å². The summed E-state index contributed by atoms with van der Waals surface area (Å²) in [5.41, 5.74) is 2.20. The Morgan fingerprint density at radius 1 is 1.07 bits per heavy atom. The van der Waals surface area contributed by atoms with Crippen LogP contribution in [0.2, 0.25) is 0 Å². The van der Waals surface area contributed by atoms with Gasteiger partial charge in [0.15, 0.2) is 0 Å². The molecule has 8 heteroatoms. The molecule has 0 atom stereocenters. The van der Waals surface area contributed by atoms with Crippen LogP contribution >= 0.6 is 12.4 Å². The van der Waals surface area contributed by atoms with Gasteiger partial charge in [-0.05, 0) is 56.1 Å². The van der Waals surface area contributed by atoms with Crippen molar-refractivity contribution in [1.82, 2.24) is 10.2 Å². The SMILES string of the molecule is Cc1ccc(C)c(S(=O)(=O)Nc2ccccc2C(=O)N2CCCNCC2)c1.Cl. The summed E-state index contributed by atoms with van der Waals surface area (Å²) >= 11 is 0. The van der Waals surface area contributed by atoms with E-state index in [-0.39, 0.29) is 23.2 Å². The van der Waals surface area contributed by atoms with Gasteiger partial charge in [0.25, 0.3) is 15.9 Å². The average Bonchev–Trinajstić information content (AvgIpc) is 2.92. The number of amides is 1. The lowest BCUT2D eigenvalue weighted by atomic mass is 10.1. The first kappa shape index (κ1) is 22.2. The van der Waals surface area contributed by atoms with E-state index in [4.69, 9.17) is 0 Å². The van der Waals surface area contributed by atoms with Gasteiger partial charge in [0.1, 0.15) is 0 Å². The van der Waals surface area contributed by atoms with Crippen LogP contribution in [-0.4, -0.2) is 45.4 Å². The van der Waals surface area contributed by atoms with Crippen molar-refractivity contribution in [2.45, 2.75) is 25.2 Å². The van der Waals surface area contributed by atoms with Gasteiger partial charge in [0.05, 0.1) is 16.1 Å². The fourth-order valence-electron chi connectivity index (χ4n) is 3.17. The second kappa shape index (κ2) is 9.41. The maximum absolute atomic E-state index is 13.0. The van der Waals surface area contributed by atoms with Crippen molar-refractivity contribution in [2.24, 2.45) is 0 Å². The molecular weight excluding hydrogens is 398 g/mol. The van der Waals surface area contributed by atoms with Gasteiger partial charge in [-0.25, -0.2) is 8.42 Å². The number of nitrogens with zero attached hydrogens (tertiary/aromatic N) is 1. The second-order valence-corrected chi connectivity index (χ2v) is 8.47. The molecule has 0 saturated carbocycles. The number of sulfonamides is 1. The number of halogens is 1. The molecule has 152 valence electrons. The normalized spacial score (nSPS) is 14.7. The highest BCUT2D eigenvalue weighted by molar-refractivity contribution is 7.92. The molecule has 1 fully saturated rings. The molecule has 1 heterocycles. The molecule has 0 unspecified atom stereocenters. The quantitative estimate of drug-likeness (QED) is 0.792. The number of aryl methyl sites for hydroxylation is 2. The molecule has 0 radical (unpaired) electrons. The zero-order valence-corrected chi connectivity index (χ0v) is 17.7. The van der Waals surface area contributed by atoms with Crippen LogP contribution in [0.3, 0.4) is 0 Å². The van der Waals surface area contributed by atoms with Crippen LogP contribution in [0, 0.1) is 13.8 Å². The molecule has 3 rings (SSSR count). The average molecular weight is 424 g/mol. The summed E-state index contributed by atoms with van der Waals surface area (Å²) in [5, 5.41) is 3.26. The van der Waals surface area contributed by atoms with Crippen LogP contribution in [0.4, 0.5) is 5.69 Å². The summed E-state index contributed by atoms with van der Waals surface area (Å²) in [7, 11) is -3.79. The number of rotatable bonds is 4. The molecule has 1 saturated heterocycles. The van der Waals surface area contributed by atoms with Crippen molar-refractivity contribution in [3.63, 3.8) is 0 Å². The van der Waals surface area contributed by atoms with E-state index in [0.29, 0.717) is 29.9 Å². The zero-order chi connectivity index (χ0) is 19.4. The third kappa shape index (κ3) is 5.04. The zero-order valence-electron chi connectivity index (χ0n) is 16.1. The monoisotopic (exact) mass is 423 g/mol. The molecule has 2 N–H and O–H groups in total. The van der Waals surface area contributed by atoms with Gasteiger partial charge in [-0.15, -0.1) is 12.4 Å². The van der Waals surface area contributed by atoms with Gasteiger partial charge in [-0.1, -0.05) is 24.3 Å². The highest BCUT2D eigenvalue weighted by atomic mass is 35.5. The van der Waals surface area contributed by atoms with E-state index in [1.165, 1.54) is 0 Å². The van der Waals surface area contributed by atoms with E-state index in [1.54, 1.807) is 48.2 Å². The smallest absolute Gasteiger partial charge is 0.262 e. The summed E-state index contributed by atoms with van der Waals surface area (Å²) in [4.78, 5) is 15.0. The van der Waals surface area contributed by atoms with Gasteiger partial charge < -0.3 is 10.2 Å². The lowest BCUT2D eigenvalue weighted by Crippen LogP contribution is -2.34. The summed E-state index contributed by atoms with van der Waals surface area (Å²) in [6.45, 7) is 6.49. The first-order chi connectivity index (χ1) is 12.9. The number of carbonyl (C=O) groups is 1. The van der Waals surface area contributed by atoms with Crippen LogP contribution in [-0.2, 0) is 10.0 Å². The Hall–Kier alpha value is -2.09. The summed E-state index contributed by atoms with van der Waals surface area (Å²) in [6.07, 6.45) is 0.877. The number of hydrogen-bond donors (Lipinski definition) is 2. The molecule has 2 aromatic rings. The van der Waals surface area contributed by atoms with E-state index in [0.717, 1.165) is 25.1 Å². The fourth-order valence-corrected chi connectivity index (χ4v) is 4.58. The molecule has 1 aliphatic rings. The van der Waals surface area contributed by atoms with Crippen LogP contribution in [0.1, 0.15) is 27.9 Å². The Kier molecular flexibility index (Phi) is 7.46. The van der Waals surface area contributed by atoms with Crippen molar-refractivity contribution in [1.29, 1.82) is 0 Å². The van der Waals surface area contributed by atoms with Crippen molar-refractivity contribution in [3.05, 3.63) is 59.2 Å². The highest BCUT2D eigenvalue weighted by Gasteiger charge is 2.23. The number of nitrogens with one attached hydrogen (secondary N) is 2. The fraction of sp³-hybridized carbons (Fsp3) is 0.350. The molecule has 1 aliphatic heterocycles. The number of hydrogen-bond acceptors (Lipinski definition) is 4. The summed E-state index contributed by atoms with van der Waals surface area (Å²) in [5.74, 6) is -0.155. The number of carbonyl (C=O) groups excluding carboxylic acids is 1. The van der Waals surface area contributed by atoms with Gasteiger partial charge in [0, 0.05) is 19.6 Å². The predicted octanol–water partition coefficient (Wildman–Crippen LogP) is 2.96. The first-order valence-electron chi connectivity index (χ1n) is 9.07. The lowest BCUT2D eigenvalue weighted by Gasteiger charge is -2.22. The first-order valence-corrected chi connectivity index (χ1v) is 10.6. The Balaban J connectivity index is 0.00000280. The van der Waals surface area contributed by atoms with Crippen LogP contribution in [0.5, 0.6) is 0 Å². The molecule has 2 aromatic carbocycles. The minimum atomic E-state index is -3.79. The third-order valence-electron chi connectivity index (χ3n) is 4.66. The minimum absolute atomic E-state index is 0. The summed E-state index contributed by atoms with van der Waals surface area (Å²) in [6, 6.07) is 12.1. The predicted molar refractivity (Wildman–Crippen MR) is 114 cm³/mol. The van der Waals surface area contributed by atoms with Crippen LogP contribution in [0.25, 0.3) is 0 Å². The molecular formula is C20H26ClN3O3S. The molecule has 0 aromatic heterocycles. The van der Waals surface area contributed by atoms with Crippen molar-refractivity contribution in [3.8, 4) is 0 Å². The number of benzene rings is 2. The lowest BCUT2D eigenvalue weighted by molar-refractivity contribution is 0.0767. The van der Waals surface area contributed by atoms with Crippen molar-refractivity contribution < 1.29 is 13.2 Å². The Bertz CT molecular complexity index is 939. The number of anilines is 1. The highest BCUT2D eigenvalue weighted by Crippen LogP contribution is 2.24. The molecule has 0 spiro atoms.